The van der Waals surface area contributed by atoms with Gasteiger partial charge in [0.25, 0.3) is 5.56 Å². The van der Waals surface area contributed by atoms with Gasteiger partial charge in [0.1, 0.15) is 34.9 Å². The molecule has 5 aromatic rings. The van der Waals surface area contributed by atoms with Gasteiger partial charge in [-0.15, -0.1) is 0 Å². The molecule has 0 aliphatic rings. The second-order valence-electron chi connectivity index (χ2n) is 7.55. The van der Waals surface area contributed by atoms with Gasteiger partial charge in [-0.3, -0.25) is 14.9 Å². The topological polar surface area (TPSA) is 119 Å². The fourth-order valence-electron chi connectivity index (χ4n) is 3.89. The SMILES string of the molecule is CO[C@H](C)COc1cc2c(-c3ccc(F)c4[nH]ncc34)c(N)c(=O)[nH]c2c2cccnc12. The molecule has 3 heterocycles. The van der Waals surface area contributed by atoms with Gasteiger partial charge in [0, 0.05) is 35.0 Å². The minimum atomic E-state index is -0.444. The number of ether oxygens (including phenoxy) is 2. The average molecular weight is 433 g/mol. The van der Waals surface area contributed by atoms with Crippen molar-refractivity contribution in [3.05, 3.63) is 58.9 Å². The summed E-state index contributed by atoms with van der Waals surface area (Å²) < 4.78 is 25.6. The monoisotopic (exact) mass is 433 g/mol. The number of anilines is 1. The van der Waals surface area contributed by atoms with Gasteiger partial charge in [-0.05, 0) is 36.8 Å². The number of nitrogens with one attached hydrogen (secondary N) is 2. The summed E-state index contributed by atoms with van der Waals surface area (Å²) in [6.45, 7) is 2.20. The molecular formula is C23H20FN5O3. The third-order valence-electron chi connectivity index (χ3n) is 5.59. The number of benzene rings is 2. The molecule has 32 heavy (non-hydrogen) atoms. The minimum Gasteiger partial charge on any atom is -0.489 e. The van der Waals surface area contributed by atoms with E-state index in [0.717, 1.165) is 0 Å². The molecule has 8 nitrogen and oxygen atoms in total. The maximum atomic E-state index is 14.3. The Hall–Kier alpha value is -3.98. The van der Waals surface area contributed by atoms with Crippen molar-refractivity contribution in [2.75, 3.05) is 19.5 Å². The molecule has 0 radical (unpaired) electrons. The predicted molar refractivity (Wildman–Crippen MR) is 121 cm³/mol. The first-order valence-corrected chi connectivity index (χ1v) is 10.00. The number of halogens is 1. The number of hydrogen-bond donors (Lipinski definition) is 3. The standard InChI is InChI=1S/C23H20FN5O3/c1-11(31-2)10-32-17-8-14-18(12-5-6-16(24)21-15(12)9-27-29-21)19(25)23(30)28-20(14)13-4-3-7-26-22(13)17/h3-9,11H,10,25H2,1-2H3,(H,27,29)(H,28,30)/t11-/m1/s1. The minimum absolute atomic E-state index is 0.0195. The van der Waals surface area contributed by atoms with Gasteiger partial charge in [-0.1, -0.05) is 6.07 Å². The number of aromatic amines is 2. The van der Waals surface area contributed by atoms with E-state index in [1.54, 1.807) is 31.5 Å². The van der Waals surface area contributed by atoms with Crippen molar-refractivity contribution in [2.24, 2.45) is 0 Å². The van der Waals surface area contributed by atoms with Crippen molar-refractivity contribution in [3.8, 4) is 16.9 Å². The molecule has 5 rings (SSSR count). The van der Waals surface area contributed by atoms with E-state index in [0.29, 0.717) is 50.7 Å². The first kappa shape index (κ1) is 20.0. The van der Waals surface area contributed by atoms with Crippen molar-refractivity contribution in [2.45, 2.75) is 13.0 Å². The lowest BCUT2D eigenvalue weighted by Gasteiger charge is -2.17. The highest BCUT2D eigenvalue weighted by atomic mass is 19.1. The highest BCUT2D eigenvalue weighted by molar-refractivity contribution is 6.15. The number of nitrogens with two attached hydrogens (primary N) is 1. The van der Waals surface area contributed by atoms with Crippen LogP contribution in [-0.2, 0) is 4.74 Å². The maximum absolute atomic E-state index is 14.3. The number of methoxy groups -OCH3 is 1. The van der Waals surface area contributed by atoms with Crippen LogP contribution in [0.25, 0.3) is 43.8 Å². The molecule has 0 aliphatic heterocycles. The molecular weight excluding hydrogens is 413 g/mol. The van der Waals surface area contributed by atoms with E-state index in [-0.39, 0.29) is 17.3 Å². The molecule has 1 atom stereocenters. The van der Waals surface area contributed by atoms with Crippen molar-refractivity contribution >= 4 is 38.4 Å². The van der Waals surface area contributed by atoms with Crippen LogP contribution in [0.5, 0.6) is 5.75 Å². The Balaban J connectivity index is 1.88. The van der Waals surface area contributed by atoms with Crippen LogP contribution in [0.15, 0.2) is 47.5 Å². The van der Waals surface area contributed by atoms with Crippen LogP contribution in [0.4, 0.5) is 10.1 Å². The summed E-state index contributed by atoms with van der Waals surface area (Å²) in [5.41, 5.74) is 8.31. The van der Waals surface area contributed by atoms with E-state index in [9.17, 15) is 9.18 Å². The lowest BCUT2D eigenvalue weighted by molar-refractivity contribution is 0.0722. The zero-order valence-corrected chi connectivity index (χ0v) is 17.4. The first-order valence-electron chi connectivity index (χ1n) is 10.00. The lowest BCUT2D eigenvalue weighted by atomic mass is 9.95. The summed E-state index contributed by atoms with van der Waals surface area (Å²) in [4.78, 5) is 20.1. The normalized spacial score (nSPS) is 12.6. The Morgan fingerprint density at radius 1 is 1.19 bits per heavy atom. The third kappa shape index (κ3) is 3.05. The number of hydrogen-bond acceptors (Lipinski definition) is 6. The Morgan fingerprint density at radius 3 is 2.84 bits per heavy atom. The average Bonchev–Trinajstić information content (AvgIpc) is 3.30. The molecule has 0 bridgehead atoms. The number of H-pyrrole nitrogens is 2. The summed E-state index contributed by atoms with van der Waals surface area (Å²) in [6.07, 6.45) is 3.04. The summed E-state index contributed by atoms with van der Waals surface area (Å²) in [7, 11) is 1.61. The van der Waals surface area contributed by atoms with Crippen molar-refractivity contribution in [1.82, 2.24) is 20.2 Å². The predicted octanol–water partition coefficient (Wildman–Crippen LogP) is 3.75. The molecule has 2 aromatic carbocycles. The number of rotatable bonds is 5. The molecule has 0 saturated heterocycles. The molecule has 9 heteroatoms. The van der Waals surface area contributed by atoms with Crippen LogP contribution < -0.4 is 16.0 Å². The second-order valence-corrected chi connectivity index (χ2v) is 7.55. The highest BCUT2D eigenvalue weighted by Crippen LogP contribution is 2.40. The molecule has 0 unspecified atom stereocenters. The van der Waals surface area contributed by atoms with Gasteiger partial charge in [0.15, 0.2) is 0 Å². The summed E-state index contributed by atoms with van der Waals surface area (Å²) in [6, 6.07) is 8.35. The van der Waals surface area contributed by atoms with Gasteiger partial charge in [-0.2, -0.15) is 5.10 Å². The van der Waals surface area contributed by atoms with Gasteiger partial charge >= 0.3 is 0 Å². The van der Waals surface area contributed by atoms with Gasteiger partial charge in [-0.25, -0.2) is 4.39 Å². The maximum Gasteiger partial charge on any atom is 0.272 e. The zero-order chi connectivity index (χ0) is 22.4. The summed E-state index contributed by atoms with van der Waals surface area (Å²) in [5, 5.41) is 8.50. The Kier molecular flexibility index (Phi) is 4.75. The number of nitrogen functional groups attached to an aromatic ring is 1. The fourth-order valence-corrected chi connectivity index (χ4v) is 3.89. The van der Waals surface area contributed by atoms with E-state index in [1.807, 2.05) is 13.0 Å². The molecule has 4 N–H and O–H groups in total. The van der Waals surface area contributed by atoms with Crippen LogP contribution in [-0.4, -0.2) is 40.0 Å². The van der Waals surface area contributed by atoms with Crippen LogP contribution >= 0.6 is 0 Å². The Morgan fingerprint density at radius 2 is 2.03 bits per heavy atom. The fraction of sp³-hybridized carbons (Fsp3) is 0.174. The largest absolute Gasteiger partial charge is 0.489 e. The highest BCUT2D eigenvalue weighted by Gasteiger charge is 2.20. The first-order chi connectivity index (χ1) is 15.5. The molecule has 0 spiro atoms. The number of pyridine rings is 2. The zero-order valence-electron chi connectivity index (χ0n) is 17.4. The molecule has 0 aliphatic carbocycles. The van der Waals surface area contributed by atoms with Crippen LogP contribution in [0.3, 0.4) is 0 Å². The van der Waals surface area contributed by atoms with Gasteiger partial charge in [0.2, 0.25) is 0 Å². The van der Waals surface area contributed by atoms with Crippen LogP contribution in [0.1, 0.15) is 6.92 Å². The lowest BCUT2D eigenvalue weighted by Crippen LogP contribution is -2.17. The molecule has 3 aromatic heterocycles. The quantitative estimate of drug-likeness (QED) is 0.363. The smallest absolute Gasteiger partial charge is 0.272 e. The molecule has 0 saturated carbocycles. The van der Waals surface area contributed by atoms with E-state index in [4.69, 9.17) is 15.2 Å². The van der Waals surface area contributed by atoms with E-state index >= 15 is 0 Å². The summed E-state index contributed by atoms with van der Waals surface area (Å²) in [5.74, 6) is 0.0800. The van der Waals surface area contributed by atoms with Crippen LogP contribution in [0, 0.1) is 5.82 Å². The van der Waals surface area contributed by atoms with Gasteiger partial charge < -0.3 is 20.2 Å². The summed E-state index contributed by atoms with van der Waals surface area (Å²) >= 11 is 0. The Labute approximate surface area is 181 Å². The second kappa shape index (κ2) is 7.61. The van der Waals surface area contributed by atoms with Crippen molar-refractivity contribution in [3.63, 3.8) is 0 Å². The number of aromatic nitrogens is 4. The van der Waals surface area contributed by atoms with Gasteiger partial charge in [0.05, 0.1) is 17.8 Å². The van der Waals surface area contributed by atoms with Crippen molar-refractivity contribution < 1.29 is 13.9 Å². The van der Waals surface area contributed by atoms with Crippen molar-refractivity contribution in [1.29, 1.82) is 0 Å². The molecule has 162 valence electrons. The number of nitrogens with zero attached hydrogens (tertiary/aromatic N) is 2. The Bertz CT molecular complexity index is 1540. The number of fused-ring (bicyclic) bond motifs is 4. The van der Waals surface area contributed by atoms with E-state index < -0.39 is 11.4 Å². The van der Waals surface area contributed by atoms with Crippen LogP contribution in [0.2, 0.25) is 0 Å². The molecule has 0 fully saturated rings. The third-order valence-corrected chi connectivity index (χ3v) is 5.59. The molecule has 0 amide bonds. The van der Waals surface area contributed by atoms with E-state index in [2.05, 4.69) is 20.2 Å². The van der Waals surface area contributed by atoms with E-state index in [1.165, 1.54) is 12.3 Å².